The summed E-state index contributed by atoms with van der Waals surface area (Å²) in [4.78, 5) is 0. The summed E-state index contributed by atoms with van der Waals surface area (Å²) in [6, 6.07) is 15.7. The predicted octanol–water partition coefficient (Wildman–Crippen LogP) is 4.34. The molecule has 0 aromatic heterocycles. The highest BCUT2D eigenvalue weighted by Gasteiger charge is 1.95. The Hall–Kier alpha value is -2.02. The molecule has 0 aliphatic carbocycles. The largest absolute Gasteiger partial charge is 0.507 e. The summed E-state index contributed by atoms with van der Waals surface area (Å²) < 4.78 is 0. The molecule has 0 unspecified atom stereocenters. The van der Waals surface area contributed by atoms with Gasteiger partial charge in [0, 0.05) is 0 Å². The van der Waals surface area contributed by atoms with Crippen molar-refractivity contribution in [2.24, 2.45) is 0 Å². The average Bonchev–Trinajstić information content (AvgIpc) is 2.37. The van der Waals surface area contributed by atoms with Gasteiger partial charge in [-0.2, -0.15) is 0 Å². The van der Waals surface area contributed by atoms with E-state index in [-0.39, 0.29) is 0 Å². The quantitative estimate of drug-likeness (QED) is 0.767. The molecule has 1 N–H and O–H groups in total. The van der Waals surface area contributed by atoms with Crippen molar-refractivity contribution in [3.8, 4) is 5.75 Å². The second kappa shape index (κ2) is 6.54. The topological polar surface area (TPSA) is 20.2 Å². The van der Waals surface area contributed by atoms with Crippen molar-refractivity contribution < 1.29 is 5.11 Å². The number of phenolic OH excluding ortho intramolecular Hbond substituents is 1. The van der Waals surface area contributed by atoms with Gasteiger partial charge in [-0.15, -0.1) is 0 Å². The number of rotatable bonds is 1. The van der Waals surface area contributed by atoms with Crippen molar-refractivity contribution in [3.05, 3.63) is 71.8 Å². The maximum Gasteiger partial charge on any atom is 0.121 e. The van der Waals surface area contributed by atoms with Gasteiger partial charge < -0.3 is 5.11 Å². The van der Waals surface area contributed by atoms with Crippen molar-refractivity contribution in [2.75, 3.05) is 0 Å². The standard InChI is InChI=1S/C8H10O.C8H8/c1-6-4-3-5-7(2)8(6)9;1-2-8-6-4-3-5-7-8/h3-5,9H,1-2H3;2-7H,1H2. The lowest BCUT2D eigenvalue weighted by Gasteiger charge is -1.99. The summed E-state index contributed by atoms with van der Waals surface area (Å²) >= 11 is 0. The number of aromatic hydroxyl groups is 1. The van der Waals surface area contributed by atoms with Gasteiger partial charge in [-0.05, 0) is 30.5 Å². The van der Waals surface area contributed by atoms with E-state index in [0.29, 0.717) is 5.75 Å². The fourth-order valence-corrected chi connectivity index (χ4v) is 1.39. The Kier molecular flexibility index (Phi) is 5.02. The molecular weight excluding hydrogens is 208 g/mol. The van der Waals surface area contributed by atoms with Crippen LogP contribution in [0.4, 0.5) is 0 Å². The number of benzene rings is 2. The minimum Gasteiger partial charge on any atom is -0.507 e. The Morgan fingerprint density at radius 1 is 0.882 bits per heavy atom. The van der Waals surface area contributed by atoms with Gasteiger partial charge in [-0.25, -0.2) is 0 Å². The third-order valence-electron chi connectivity index (χ3n) is 2.47. The van der Waals surface area contributed by atoms with E-state index in [4.69, 9.17) is 0 Å². The van der Waals surface area contributed by atoms with Crippen LogP contribution in [0.3, 0.4) is 0 Å². The van der Waals surface area contributed by atoms with E-state index in [1.54, 1.807) is 0 Å². The van der Waals surface area contributed by atoms with Crippen LogP contribution in [-0.4, -0.2) is 5.11 Å². The van der Waals surface area contributed by atoms with Crippen LogP contribution in [-0.2, 0) is 0 Å². The normalized spacial score (nSPS) is 9.06. The zero-order valence-corrected chi connectivity index (χ0v) is 10.4. The molecule has 1 heteroatoms. The molecule has 0 heterocycles. The second-order valence-corrected chi connectivity index (χ2v) is 3.86. The van der Waals surface area contributed by atoms with Crippen molar-refractivity contribution in [1.29, 1.82) is 0 Å². The Morgan fingerprint density at radius 2 is 1.41 bits per heavy atom. The average molecular weight is 226 g/mol. The SMILES string of the molecule is C=Cc1ccccc1.Cc1cccc(C)c1O. The molecule has 0 radical (unpaired) electrons. The Morgan fingerprint density at radius 3 is 1.76 bits per heavy atom. The first-order chi connectivity index (χ1) is 8.15. The predicted molar refractivity (Wildman–Crippen MR) is 74.1 cm³/mol. The third kappa shape index (κ3) is 4.15. The Balaban J connectivity index is 0.000000171. The van der Waals surface area contributed by atoms with E-state index in [2.05, 4.69) is 6.58 Å². The molecule has 2 aromatic carbocycles. The molecule has 0 aliphatic rings. The number of hydrogen-bond donors (Lipinski definition) is 1. The Labute approximate surface area is 103 Å². The number of phenols is 1. The van der Waals surface area contributed by atoms with Crippen molar-refractivity contribution in [3.63, 3.8) is 0 Å². The van der Waals surface area contributed by atoms with E-state index in [0.717, 1.165) is 11.1 Å². The fourth-order valence-electron chi connectivity index (χ4n) is 1.39. The molecular formula is C16H18O. The molecule has 88 valence electrons. The maximum atomic E-state index is 9.21. The summed E-state index contributed by atoms with van der Waals surface area (Å²) in [5, 5.41) is 9.21. The van der Waals surface area contributed by atoms with Crippen LogP contribution >= 0.6 is 0 Å². The van der Waals surface area contributed by atoms with Crippen LogP contribution in [0.2, 0.25) is 0 Å². The van der Waals surface area contributed by atoms with Crippen molar-refractivity contribution in [1.82, 2.24) is 0 Å². The highest BCUT2D eigenvalue weighted by molar-refractivity contribution is 5.45. The number of hydrogen-bond acceptors (Lipinski definition) is 1. The molecule has 0 aliphatic heterocycles. The summed E-state index contributed by atoms with van der Waals surface area (Å²) in [6.07, 6.45) is 1.83. The third-order valence-corrected chi connectivity index (χ3v) is 2.47. The lowest BCUT2D eigenvalue weighted by Crippen LogP contribution is -1.76. The first kappa shape index (κ1) is 13.0. The monoisotopic (exact) mass is 226 g/mol. The zero-order chi connectivity index (χ0) is 12.7. The van der Waals surface area contributed by atoms with Crippen LogP contribution in [0.25, 0.3) is 6.08 Å². The summed E-state index contributed by atoms with van der Waals surface area (Å²) in [7, 11) is 0. The molecule has 0 atom stereocenters. The molecule has 2 aromatic rings. The summed E-state index contributed by atoms with van der Waals surface area (Å²) in [5.41, 5.74) is 3.05. The van der Waals surface area contributed by atoms with Gasteiger partial charge in [0.2, 0.25) is 0 Å². The summed E-state index contributed by atoms with van der Waals surface area (Å²) in [6.45, 7) is 7.41. The molecule has 0 saturated heterocycles. The van der Waals surface area contributed by atoms with E-state index >= 15 is 0 Å². The van der Waals surface area contributed by atoms with Crippen LogP contribution in [0.5, 0.6) is 5.75 Å². The molecule has 1 nitrogen and oxygen atoms in total. The minimum atomic E-state index is 0.414. The second-order valence-electron chi connectivity index (χ2n) is 3.86. The Bertz CT molecular complexity index is 452. The fraction of sp³-hybridized carbons (Fsp3) is 0.125. The van der Waals surface area contributed by atoms with E-state index in [1.807, 2.05) is 68.5 Å². The number of para-hydroxylation sites is 1. The first-order valence-corrected chi connectivity index (χ1v) is 5.58. The first-order valence-electron chi connectivity index (χ1n) is 5.58. The molecule has 0 bridgehead atoms. The van der Waals surface area contributed by atoms with Crippen LogP contribution < -0.4 is 0 Å². The molecule has 0 spiro atoms. The molecule has 0 amide bonds. The highest BCUT2D eigenvalue weighted by atomic mass is 16.3. The molecule has 0 fully saturated rings. The van der Waals surface area contributed by atoms with E-state index < -0.39 is 0 Å². The number of aryl methyl sites for hydroxylation is 2. The zero-order valence-electron chi connectivity index (χ0n) is 10.4. The lowest BCUT2D eigenvalue weighted by molar-refractivity contribution is 0.467. The summed E-state index contributed by atoms with van der Waals surface area (Å²) in [5.74, 6) is 0.414. The van der Waals surface area contributed by atoms with E-state index in [9.17, 15) is 5.11 Å². The van der Waals surface area contributed by atoms with Crippen LogP contribution in [0, 0.1) is 13.8 Å². The van der Waals surface area contributed by atoms with Gasteiger partial charge in [-0.1, -0.05) is 61.2 Å². The molecule has 17 heavy (non-hydrogen) atoms. The van der Waals surface area contributed by atoms with Crippen LogP contribution in [0.15, 0.2) is 55.1 Å². The van der Waals surface area contributed by atoms with Gasteiger partial charge in [-0.3, -0.25) is 0 Å². The van der Waals surface area contributed by atoms with Gasteiger partial charge in [0.1, 0.15) is 5.75 Å². The van der Waals surface area contributed by atoms with Crippen molar-refractivity contribution >= 4 is 6.08 Å². The lowest BCUT2D eigenvalue weighted by atomic mass is 10.1. The van der Waals surface area contributed by atoms with E-state index in [1.165, 1.54) is 5.56 Å². The molecule has 0 saturated carbocycles. The highest BCUT2D eigenvalue weighted by Crippen LogP contribution is 2.19. The van der Waals surface area contributed by atoms with Gasteiger partial charge in [0.15, 0.2) is 0 Å². The maximum absolute atomic E-state index is 9.21. The molecule has 2 rings (SSSR count). The van der Waals surface area contributed by atoms with Gasteiger partial charge in [0.05, 0.1) is 0 Å². The minimum absolute atomic E-state index is 0.414. The smallest absolute Gasteiger partial charge is 0.121 e. The van der Waals surface area contributed by atoms with Gasteiger partial charge >= 0.3 is 0 Å². The van der Waals surface area contributed by atoms with Gasteiger partial charge in [0.25, 0.3) is 0 Å². The van der Waals surface area contributed by atoms with Crippen LogP contribution in [0.1, 0.15) is 16.7 Å². The van der Waals surface area contributed by atoms with Crippen molar-refractivity contribution in [2.45, 2.75) is 13.8 Å².